The first-order chi connectivity index (χ1) is 16.0. The van der Waals surface area contributed by atoms with E-state index in [0.717, 1.165) is 41.2 Å². The number of hydrogen-bond acceptors (Lipinski definition) is 6. The fraction of sp³-hybridized carbons (Fsp3) is 0.280. The fourth-order valence-corrected chi connectivity index (χ4v) is 4.24. The number of fused-ring (bicyclic) bond motifs is 1. The maximum absolute atomic E-state index is 12.5. The van der Waals surface area contributed by atoms with E-state index >= 15 is 0 Å². The summed E-state index contributed by atoms with van der Waals surface area (Å²) < 4.78 is 11.5. The topological polar surface area (TPSA) is 87.3 Å². The van der Waals surface area contributed by atoms with Crippen LogP contribution in [0.3, 0.4) is 0 Å². The second kappa shape index (κ2) is 10.5. The van der Waals surface area contributed by atoms with Gasteiger partial charge >= 0.3 is 0 Å². The molecule has 8 heteroatoms. The van der Waals surface area contributed by atoms with Gasteiger partial charge in [-0.25, -0.2) is 0 Å². The molecule has 7 nitrogen and oxygen atoms in total. The van der Waals surface area contributed by atoms with E-state index in [-0.39, 0.29) is 11.4 Å². The predicted molar refractivity (Wildman–Crippen MR) is 133 cm³/mol. The molecule has 2 aliphatic rings. The minimum absolute atomic E-state index is 0.0534. The van der Waals surface area contributed by atoms with Gasteiger partial charge < -0.3 is 9.47 Å². The van der Waals surface area contributed by atoms with Crippen molar-refractivity contribution < 1.29 is 14.3 Å². The lowest BCUT2D eigenvalue weighted by Gasteiger charge is -2.20. The molecule has 2 heterocycles. The first-order valence-corrected chi connectivity index (χ1v) is 11.8. The maximum Gasteiger partial charge on any atom is 0.283 e. The number of aliphatic imine (C=N–C) groups is 1. The minimum Gasteiger partial charge on any atom is -0.490 e. The highest BCUT2D eigenvalue weighted by molar-refractivity contribution is 8.26. The first kappa shape index (κ1) is 22.8. The van der Waals surface area contributed by atoms with Crippen molar-refractivity contribution >= 4 is 39.8 Å². The summed E-state index contributed by atoms with van der Waals surface area (Å²) in [5.41, 5.74) is 2.09. The van der Waals surface area contributed by atoms with Crippen LogP contribution in [0.1, 0.15) is 37.3 Å². The molecule has 4 rings (SSSR count). The van der Waals surface area contributed by atoms with Crippen molar-refractivity contribution in [3.63, 3.8) is 0 Å². The third-order valence-corrected chi connectivity index (χ3v) is 6.10. The third kappa shape index (κ3) is 5.51. The molecule has 33 heavy (non-hydrogen) atoms. The number of unbranched alkanes of at least 4 members (excludes halogenated alkanes) is 1. The van der Waals surface area contributed by atoms with Gasteiger partial charge in [0.1, 0.15) is 29.8 Å². The van der Waals surface area contributed by atoms with E-state index in [9.17, 15) is 4.79 Å². The molecular formula is C25H26N4O3S. The van der Waals surface area contributed by atoms with E-state index in [4.69, 9.17) is 14.9 Å². The molecule has 2 aromatic rings. The standard InChI is InChI=1S/C25H26N4O3S/c1-3-4-9-22-28-29-23(26)20(24(30)27-25(29)33-22)16-18-10-12-19(13-11-18)31-14-15-32-21-8-6-5-7-17(21)2/h5-8,10-13,16,26H,3-4,9,14-15H2,1-2H3. The summed E-state index contributed by atoms with van der Waals surface area (Å²) in [4.78, 5) is 16.7. The smallest absolute Gasteiger partial charge is 0.283 e. The molecule has 2 aliphatic heterocycles. The Hall–Kier alpha value is -3.39. The van der Waals surface area contributed by atoms with Gasteiger partial charge in [0.15, 0.2) is 5.84 Å². The highest BCUT2D eigenvalue weighted by atomic mass is 32.2. The van der Waals surface area contributed by atoms with Gasteiger partial charge in [-0.3, -0.25) is 10.2 Å². The maximum atomic E-state index is 12.5. The molecule has 0 radical (unpaired) electrons. The Bertz CT molecular complexity index is 1140. The fourth-order valence-electron chi connectivity index (χ4n) is 3.32. The van der Waals surface area contributed by atoms with Gasteiger partial charge in [-0.2, -0.15) is 15.1 Å². The molecule has 1 amide bonds. The van der Waals surface area contributed by atoms with Gasteiger partial charge in [0.25, 0.3) is 5.91 Å². The van der Waals surface area contributed by atoms with Crippen LogP contribution in [0.4, 0.5) is 0 Å². The number of rotatable bonds is 9. The van der Waals surface area contributed by atoms with Crippen LogP contribution in [0.5, 0.6) is 11.5 Å². The Kier molecular flexibility index (Phi) is 7.24. The van der Waals surface area contributed by atoms with Crippen molar-refractivity contribution in [3.05, 3.63) is 65.2 Å². The largest absolute Gasteiger partial charge is 0.490 e. The molecule has 2 aromatic carbocycles. The van der Waals surface area contributed by atoms with E-state index in [1.165, 1.54) is 16.8 Å². The zero-order valence-corrected chi connectivity index (χ0v) is 19.5. The summed E-state index contributed by atoms with van der Waals surface area (Å²) in [6, 6.07) is 15.2. The SMILES string of the molecule is CCCCC1=NN2C(=N)C(=Cc3ccc(OCCOc4ccccc4C)cc3)C(=O)N=C2S1. The average molecular weight is 463 g/mol. The number of amidine groups is 2. The third-order valence-electron chi connectivity index (χ3n) is 5.13. The van der Waals surface area contributed by atoms with E-state index in [0.29, 0.717) is 24.1 Å². The second-order valence-corrected chi connectivity index (χ2v) is 8.69. The van der Waals surface area contributed by atoms with E-state index in [1.54, 1.807) is 6.08 Å². The van der Waals surface area contributed by atoms with Crippen LogP contribution < -0.4 is 9.47 Å². The van der Waals surface area contributed by atoms with Gasteiger partial charge in [0.2, 0.25) is 5.17 Å². The zero-order valence-electron chi connectivity index (χ0n) is 18.7. The van der Waals surface area contributed by atoms with Crippen molar-refractivity contribution in [1.29, 1.82) is 5.41 Å². The first-order valence-electron chi connectivity index (χ1n) is 11.0. The van der Waals surface area contributed by atoms with Crippen LogP contribution in [0.15, 0.2) is 64.2 Å². The van der Waals surface area contributed by atoms with Crippen LogP contribution in [0.2, 0.25) is 0 Å². The van der Waals surface area contributed by atoms with E-state index < -0.39 is 5.91 Å². The summed E-state index contributed by atoms with van der Waals surface area (Å²) in [5.74, 6) is 1.20. The van der Waals surface area contributed by atoms with Crippen molar-refractivity contribution in [2.75, 3.05) is 13.2 Å². The monoisotopic (exact) mass is 462 g/mol. The Labute approximate surface area is 197 Å². The number of amides is 1. The normalized spacial score (nSPS) is 16.5. The number of nitrogens with one attached hydrogen (secondary N) is 1. The van der Waals surface area contributed by atoms with Gasteiger partial charge in [0.05, 0.1) is 5.57 Å². The molecule has 170 valence electrons. The number of hydrogen-bond donors (Lipinski definition) is 1. The van der Waals surface area contributed by atoms with Crippen LogP contribution in [-0.4, -0.2) is 40.2 Å². The average Bonchev–Trinajstić information content (AvgIpc) is 3.23. The summed E-state index contributed by atoms with van der Waals surface area (Å²) in [6.07, 6.45) is 4.57. The Morgan fingerprint density at radius 2 is 1.85 bits per heavy atom. The molecule has 0 aromatic heterocycles. The lowest BCUT2D eigenvalue weighted by molar-refractivity contribution is -0.114. The van der Waals surface area contributed by atoms with Gasteiger partial charge in [-0.15, -0.1) is 0 Å². The van der Waals surface area contributed by atoms with Crippen LogP contribution >= 0.6 is 11.8 Å². The molecule has 0 atom stereocenters. The van der Waals surface area contributed by atoms with E-state index in [2.05, 4.69) is 17.0 Å². The molecule has 0 spiro atoms. The van der Waals surface area contributed by atoms with Crippen LogP contribution in [0.25, 0.3) is 6.08 Å². The minimum atomic E-state index is -0.417. The van der Waals surface area contributed by atoms with Crippen molar-refractivity contribution in [1.82, 2.24) is 5.01 Å². The number of hydrazone groups is 1. The molecule has 0 saturated carbocycles. The number of ether oxygens (including phenoxy) is 2. The summed E-state index contributed by atoms with van der Waals surface area (Å²) in [5, 5.41) is 15.7. The van der Waals surface area contributed by atoms with Gasteiger partial charge in [0, 0.05) is 0 Å². The quantitative estimate of drug-likeness (QED) is 0.406. The number of nitrogens with zero attached hydrogens (tertiary/aromatic N) is 3. The van der Waals surface area contributed by atoms with Crippen molar-refractivity contribution in [3.8, 4) is 11.5 Å². The molecular weight excluding hydrogens is 436 g/mol. The van der Waals surface area contributed by atoms with Gasteiger partial charge in [-0.1, -0.05) is 43.7 Å². The van der Waals surface area contributed by atoms with Crippen molar-refractivity contribution in [2.24, 2.45) is 10.1 Å². The molecule has 1 N–H and O–H groups in total. The highest BCUT2D eigenvalue weighted by Crippen LogP contribution is 2.30. The second-order valence-electron chi connectivity index (χ2n) is 7.65. The highest BCUT2D eigenvalue weighted by Gasteiger charge is 2.35. The number of carbonyl (C=O) groups is 1. The summed E-state index contributed by atoms with van der Waals surface area (Å²) in [7, 11) is 0. The Balaban J connectivity index is 1.35. The lowest BCUT2D eigenvalue weighted by atomic mass is 10.1. The van der Waals surface area contributed by atoms with Crippen LogP contribution in [-0.2, 0) is 4.79 Å². The predicted octanol–water partition coefficient (Wildman–Crippen LogP) is 5.26. The van der Waals surface area contributed by atoms with Crippen molar-refractivity contribution in [2.45, 2.75) is 33.1 Å². The number of thioether (sulfide) groups is 1. The lowest BCUT2D eigenvalue weighted by Crippen LogP contribution is -2.35. The Morgan fingerprint density at radius 3 is 2.61 bits per heavy atom. The van der Waals surface area contributed by atoms with E-state index in [1.807, 2.05) is 55.5 Å². The molecule has 0 bridgehead atoms. The summed E-state index contributed by atoms with van der Waals surface area (Å²) >= 11 is 1.37. The van der Waals surface area contributed by atoms with Gasteiger partial charge in [-0.05, 0) is 66.9 Å². The molecule has 0 fully saturated rings. The summed E-state index contributed by atoms with van der Waals surface area (Å²) in [6.45, 7) is 4.98. The zero-order chi connectivity index (χ0) is 23.2. The number of aryl methyl sites for hydroxylation is 1. The number of para-hydroxylation sites is 1. The molecule has 0 aliphatic carbocycles. The molecule has 0 saturated heterocycles. The number of carbonyl (C=O) groups excluding carboxylic acids is 1. The Morgan fingerprint density at radius 1 is 1.09 bits per heavy atom. The molecule has 0 unspecified atom stereocenters. The van der Waals surface area contributed by atoms with Crippen LogP contribution in [0, 0.1) is 12.3 Å². The number of benzene rings is 2.